The summed E-state index contributed by atoms with van der Waals surface area (Å²) in [5.74, 6) is 1.65. The molecule has 36 heavy (non-hydrogen) atoms. The topological polar surface area (TPSA) is 104 Å². The van der Waals surface area contributed by atoms with Crippen molar-refractivity contribution in [3.8, 4) is 0 Å². The van der Waals surface area contributed by atoms with E-state index in [1.807, 2.05) is 0 Å². The van der Waals surface area contributed by atoms with E-state index < -0.39 is 0 Å². The number of nitrogens with zero attached hydrogens (tertiary/aromatic N) is 5. The van der Waals surface area contributed by atoms with Crippen LogP contribution in [0.4, 0.5) is 11.5 Å². The number of ether oxygens (including phenoxy) is 2. The zero-order chi connectivity index (χ0) is 24.9. The van der Waals surface area contributed by atoms with E-state index in [0.29, 0.717) is 25.6 Å². The van der Waals surface area contributed by atoms with Crippen LogP contribution in [-0.4, -0.2) is 51.8 Å². The molecule has 0 N–H and O–H groups in total. The summed E-state index contributed by atoms with van der Waals surface area (Å²) in [5.41, 5.74) is 4.19. The van der Waals surface area contributed by atoms with Crippen LogP contribution in [0.3, 0.4) is 0 Å². The van der Waals surface area contributed by atoms with Crippen LogP contribution in [0.2, 0.25) is 0 Å². The van der Waals surface area contributed by atoms with E-state index in [0.717, 1.165) is 61.9 Å². The molecule has 11 heteroatoms. The van der Waals surface area contributed by atoms with Crippen LogP contribution in [0.15, 0.2) is 35.6 Å². The van der Waals surface area contributed by atoms with E-state index in [2.05, 4.69) is 23.7 Å². The van der Waals surface area contributed by atoms with Gasteiger partial charge >= 0.3 is 0 Å². The van der Waals surface area contributed by atoms with Gasteiger partial charge < -0.3 is 14.4 Å². The Labute approximate surface area is 216 Å². The van der Waals surface area contributed by atoms with Crippen molar-refractivity contribution in [1.82, 2.24) is 15.0 Å². The highest BCUT2D eigenvalue weighted by Crippen LogP contribution is 2.44. The molecule has 2 aliphatic heterocycles. The predicted molar refractivity (Wildman–Crippen MR) is 141 cm³/mol. The first-order valence-corrected chi connectivity index (χ1v) is 13.6. The number of nitro groups is 1. The fourth-order valence-electron chi connectivity index (χ4n) is 4.77. The summed E-state index contributed by atoms with van der Waals surface area (Å²) >= 11 is 3.25. The molecule has 1 saturated heterocycles. The molecule has 1 aromatic carbocycles. The van der Waals surface area contributed by atoms with Crippen molar-refractivity contribution >= 4 is 55.0 Å². The summed E-state index contributed by atoms with van der Waals surface area (Å²) in [6.07, 6.45) is 2.42. The average molecular weight is 524 g/mol. The number of aromatic nitrogens is 3. The number of benzene rings is 1. The van der Waals surface area contributed by atoms with Gasteiger partial charge in [-0.05, 0) is 25.0 Å². The Morgan fingerprint density at radius 2 is 1.94 bits per heavy atom. The highest BCUT2D eigenvalue weighted by molar-refractivity contribution is 7.98. The van der Waals surface area contributed by atoms with E-state index >= 15 is 0 Å². The lowest BCUT2D eigenvalue weighted by atomic mass is 9.90. The fraction of sp³-hybridized carbons (Fsp3) is 0.400. The van der Waals surface area contributed by atoms with Gasteiger partial charge in [-0.15, -0.1) is 23.1 Å². The number of non-ortho nitro benzene ring substituents is 1. The molecule has 9 nitrogen and oxygen atoms in total. The molecule has 1 fully saturated rings. The normalized spacial score (nSPS) is 17.4. The zero-order valence-electron chi connectivity index (χ0n) is 20.0. The minimum absolute atomic E-state index is 0.0940. The van der Waals surface area contributed by atoms with Crippen molar-refractivity contribution in [2.45, 2.75) is 43.3 Å². The first-order valence-electron chi connectivity index (χ1n) is 11.8. The Morgan fingerprint density at radius 1 is 1.17 bits per heavy atom. The lowest BCUT2D eigenvalue weighted by Gasteiger charge is -2.36. The van der Waals surface area contributed by atoms with Crippen molar-refractivity contribution in [2.75, 3.05) is 31.2 Å². The number of anilines is 1. The maximum atomic E-state index is 11.0. The third-order valence-corrected chi connectivity index (χ3v) is 8.88. The number of nitro benzene ring substituents is 1. The second-order valence-electron chi connectivity index (χ2n) is 9.57. The summed E-state index contributed by atoms with van der Waals surface area (Å²) in [6, 6.07) is 6.67. The summed E-state index contributed by atoms with van der Waals surface area (Å²) in [7, 11) is 0. The average Bonchev–Trinajstić information content (AvgIpc) is 3.26. The van der Waals surface area contributed by atoms with Gasteiger partial charge in [0, 0.05) is 48.3 Å². The second-order valence-corrected chi connectivity index (χ2v) is 11.5. The number of morpholine rings is 1. The number of hydrogen-bond donors (Lipinski definition) is 0. The van der Waals surface area contributed by atoms with Crippen molar-refractivity contribution in [1.29, 1.82) is 0 Å². The number of hydrogen-bond acceptors (Lipinski definition) is 10. The quantitative estimate of drug-likeness (QED) is 0.152. The van der Waals surface area contributed by atoms with Crippen LogP contribution in [0, 0.1) is 10.1 Å². The predicted octanol–water partition coefficient (Wildman–Crippen LogP) is 5.13. The van der Waals surface area contributed by atoms with Crippen molar-refractivity contribution in [3.63, 3.8) is 0 Å². The molecule has 0 aliphatic carbocycles. The maximum absolute atomic E-state index is 11.0. The summed E-state index contributed by atoms with van der Waals surface area (Å²) in [6.45, 7) is 7.81. The molecule has 0 atom stereocenters. The maximum Gasteiger partial charge on any atom is 0.269 e. The molecular weight excluding hydrogens is 498 g/mol. The van der Waals surface area contributed by atoms with Crippen LogP contribution in [0.5, 0.6) is 0 Å². The van der Waals surface area contributed by atoms with Crippen LogP contribution >= 0.6 is 23.1 Å². The summed E-state index contributed by atoms with van der Waals surface area (Å²) in [5, 5.41) is 13.0. The highest BCUT2D eigenvalue weighted by atomic mass is 32.2. The number of thiophene rings is 1. The molecule has 4 aromatic rings. The SMILES string of the molecule is CC1(C)Cc2c(c(N3CCOCC3)nc3sc4c(SCc5ccc([N+](=O)[O-])cc5)ncnc4c23)CO1. The molecule has 0 unspecified atom stereocenters. The van der Waals surface area contributed by atoms with Crippen LogP contribution in [-0.2, 0) is 28.3 Å². The van der Waals surface area contributed by atoms with Crippen molar-refractivity contribution in [3.05, 3.63) is 57.4 Å². The van der Waals surface area contributed by atoms with Gasteiger partial charge in [0.15, 0.2) is 0 Å². The first kappa shape index (κ1) is 23.5. The molecule has 3 aromatic heterocycles. The summed E-state index contributed by atoms with van der Waals surface area (Å²) < 4.78 is 12.8. The van der Waals surface area contributed by atoms with Crippen LogP contribution in [0.25, 0.3) is 20.4 Å². The number of rotatable bonds is 5. The smallest absolute Gasteiger partial charge is 0.269 e. The van der Waals surface area contributed by atoms with E-state index in [4.69, 9.17) is 19.4 Å². The zero-order valence-corrected chi connectivity index (χ0v) is 21.7. The Bertz CT molecular complexity index is 1470. The molecule has 0 radical (unpaired) electrons. The second kappa shape index (κ2) is 9.22. The lowest BCUT2D eigenvalue weighted by molar-refractivity contribution is -0.384. The third kappa shape index (κ3) is 4.30. The largest absolute Gasteiger partial charge is 0.378 e. The van der Waals surface area contributed by atoms with Gasteiger partial charge in [0.25, 0.3) is 5.69 Å². The van der Waals surface area contributed by atoms with Gasteiger partial charge in [0.1, 0.15) is 22.0 Å². The minimum atomic E-state index is -0.382. The lowest BCUT2D eigenvalue weighted by Crippen LogP contribution is -2.39. The third-order valence-electron chi connectivity index (χ3n) is 6.61. The van der Waals surface area contributed by atoms with Gasteiger partial charge in [0.05, 0.1) is 40.6 Å². The molecule has 0 spiro atoms. The van der Waals surface area contributed by atoms with E-state index in [9.17, 15) is 10.1 Å². The van der Waals surface area contributed by atoms with Crippen molar-refractivity contribution < 1.29 is 14.4 Å². The Hall–Kier alpha value is -2.86. The summed E-state index contributed by atoms with van der Waals surface area (Å²) in [4.78, 5) is 28.3. The van der Waals surface area contributed by atoms with Crippen LogP contribution < -0.4 is 4.90 Å². The van der Waals surface area contributed by atoms with Gasteiger partial charge in [-0.25, -0.2) is 15.0 Å². The van der Waals surface area contributed by atoms with Crippen LogP contribution in [0.1, 0.15) is 30.5 Å². The number of thioether (sulfide) groups is 1. The van der Waals surface area contributed by atoms with Gasteiger partial charge in [-0.1, -0.05) is 12.1 Å². The molecule has 5 heterocycles. The van der Waals surface area contributed by atoms with E-state index in [1.54, 1.807) is 41.6 Å². The molecule has 0 saturated carbocycles. The van der Waals surface area contributed by atoms with E-state index in [-0.39, 0.29) is 16.2 Å². The Morgan fingerprint density at radius 3 is 2.69 bits per heavy atom. The Balaban J connectivity index is 1.42. The molecule has 2 aliphatic rings. The van der Waals surface area contributed by atoms with Crippen molar-refractivity contribution in [2.24, 2.45) is 0 Å². The van der Waals surface area contributed by atoms with Gasteiger partial charge in [-0.3, -0.25) is 10.1 Å². The molecular formula is C25H25N5O4S2. The minimum Gasteiger partial charge on any atom is -0.378 e. The molecule has 186 valence electrons. The number of fused-ring (bicyclic) bond motifs is 5. The molecule has 0 bridgehead atoms. The fourth-order valence-corrected chi connectivity index (χ4v) is 6.96. The Kier molecular flexibility index (Phi) is 6.03. The van der Waals surface area contributed by atoms with E-state index in [1.165, 1.54) is 17.7 Å². The highest BCUT2D eigenvalue weighted by Gasteiger charge is 2.33. The standard InChI is InChI=1S/C25H25N5O4S2/c1-25(2)11-17-18(12-34-25)22(29-7-9-33-10-8-29)28-23-19(17)20-21(36-23)24(27-14-26-20)35-13-15-3-5-16(6-4-15)30(31)32/h3-6,14H,7-13H2,1-2H3. The molecule has 6 rings (SSSR count). The molecule has 0 amide bonds. The van der Waals surface area contributed by atoms with Gasteiger partial charge in [-0.2, -0.15) is 0 Å². The first-order chi connectivity index (χ1) is 17.4. The van der Waals surface area contributed by atoms with Gasteiger partial charge in [0.2, 0.25) is 0 Å². The number of pyridine rings is 1. The monoisotopic (exact) mass is 523 g/mol.